The molecule has 1 fully saturated rings. The van der Waals surface area contributed by atoms with Gasteiger partial charge in [-0.3, -0.25) is 9.69 Å². The largest absolute Gasteiger partial charge is 0.491 e. The number of aromatic nitrogens is 3. The van der Waals surface area contributed by atoms with E-state index in [1.807, 2.05) is 0 Å². The van der Waals surface area contributed by atoms with E-state index in [4.69, 9.17) is 25.8 Å². The summed E-state index contributed by atoms with van der Waals surface area (Å²) in [5, 5.41) is 7.11. The fourth-order valence-electron chi connectivity index (χ4n) is 4.91. The van der Waals surface area contributed by atoms with Gasteiger partial charge in [-0.1, -0.05) is 31.2 Å². The minimum absolute atomic E-state index is 0.0664. The van der Waals surface area contributed by atoms with Gasteiger partial charge in [-0.25, -0.2) is 15.0 Å². The molecular formula is C32H34ClFN6O4. The number of hydrogen-bond donors (Lipinski definition) is 2. The first kappa shape index (κ1) is 31.1. The average Bonchev–Trinajstić information content (AvgIpc) is 3.03. The number of rotatable bonds is 13. The monoisotopic (exact) mass is 620 g/mol. The predicted octanol–water partition coefficient (Wildman–Crippen LogP) is 6.14. The minimum Gasteiger partial charge on any atom is -0.491 e. The summed E-state index contributed by atoms with van der Waals surface area (Å²) in [4.78, 5) is 27.4. The lowest BCUT2D eigenvalue weighted by Crippen LogP contribution is -2.45. The number of carbonyl (C=O) groups excluding carboxylic acids is 1. The van der Waals surface area contributed by atoms with E-state index in [2.05, 4.69) is 44.0 Å². The van der Waals surface area contributed by atoms with Crippen molar-refractivity contribution in [3.63, 3.8) is 0 Å². The van der Waals surface area contributed by atoms with Crippen molar-refractivity contribution >= 4 is 45.6 Å². The third-order valence-corrected chi connectivity index (χ3v) is 7.49. The Labute approximate surface area is 260 Å². The molecule has 0 bridgehead atoms. The molecule has 1 atom stereocenters. The van der Waals surface area contributed by atoms with Gasteiger partial charge in [0, 0.05) is 36.3 Å². The Bertz CT molecular complexity index is 1620. The van der Waals surface area contributed by atoms with Crippen LogP contribution in [0.3, 0.4) is 0 Å². The number of benzene rings is 2. The second-order valence-electron chi connectivity index (χ2n) is 10.2. The molecule has 12 heteroatoms. The van der Waals surface area contributed by atoms with Crippen molar-refractivity contribution in [3.8, 4) is 11.5 Å². The Kier molecular flexibility index (Phi) is 10.5. The number of hydrogen-bond acceptors (Lipinski definition) is 9. The first-order valence-electron chi connectivity index (χ1n) is 14.4. The SMILES string of the molecule is C=CC(=O)Nc1cc2c(Nc3ccc(OCc4cccc(F)n4)c(Cl)c3)ncnc2cc1OCCCN1CCOC[C@@H]1CC. The Morgan fingerprint density at radius 1 is 1.20 bits per heavy atom. The predicted molar refractivity (Wildman–Crippen MR) is 168 cm³/mol. The molecule has 0 unspecified atom stereocenters. The molecule has 4 aromatic rings. The average molecular weight is 621 g/mol. The maximum absolute atomic E-state index is 13.4. The Morgan fingerprint density at radius 2 is 2.09 bits per heavy atom. The van der Waals surface area contributed by atoms with Crippen LogP contribution < -0.4 is 20.1 Å². The smallest absolute Gasteiger partial charge is 0.247 e. The fourth-order valence-corrected chi connectivity index (χ4v) is 5.14. The van der Waals surface area contributed by atoms with E-state index < -0.39 is 5.95 Å². The third kappa shape index (κ3) is 7.98. The summed E-state index contributed by atoms with van der Waals surface area (Å²) in [6.07, 6.45) is 4.51. The first-order valence-corrected chi connectivity index (χ1v) is 14.8. The number of anilines is 3. The van der Waals surface area contributed by atoms with Gasteiger partial charge in [0.2, 0.25) is 11.9 Å². The molecule has 230 valence electrons. The van der Waals surface area contributed by atoms with E-state index >= 15 is 0 Å². The van der Waals surface area contributed by atoms with Crippen LogP contribution >= 0.6 is 11.6 Å². The standard InChI is InChI=1S/C32H34ClFN6O4/c1-3-23-19-42-14-12-40(23)11-6-13-43-29-17-26-24(16-27(29)39-31(41)4-2)32(36-20-35-26)38-21-9-10-28(25(33)15-21)44-18-22-7-5-8-30(34)37-22/h4-5,7-10,15-17,20,23H,2-3,6,11-14,18-19H2,1H3,(H,39,41)(H,35,36,38)/t23-/m0/s1. The first-order chi connectivity index (χ1) is 21.4. The molecule has 1 aliphatic heterocycles. The van der Waals surface area contributed by atoms with Crippen LogP contribution in [-0.2, 0) is 16.1 Å². The summed E-state index contributed by atoms with van der Waals surface area (Å²) in [5.41, 5.74) is 2.20. The maximum atomic E-state index is 13.4. The number of nitrogens with one attached hydrogen (secondary N) is 2. The lowest BCUT2D eigenvalue weighted by molar-refractivity contribution is -0.111. The highest BCUT2D eigenvalue weighted by atomic mass is 35.5. The third-order valence-electron chi connectivity index (χ3n) is 7.19. The second kappa shape index (κ2) is 14.9. The Morgan fingerprint density at radius 3 is 2.89 bits per heavy atom. The molecule has 0 spiro atoms. The second-order valence-corrected chi connectivity index (χ2v) is 10.6. The van der Waals surface area contributed by atoms with Crippen molar-refractivity contribution < 1.29 is 23.4 Å². The zero-order valence-corrected chi connectivity index (χ0v) is 25.1. The number of halogens is 2. The molecule has 44 heavy (non-hydrogen) atoms. The number of pyridine rings is 1. The van der Waals surface area contributed by atoms with Gasteiger partial charge < -0.3 is 24.8 Å². The summed E-state index contributed by atoms with van der Waals surface area (Å²) >= 11 is 6.48. The molecule has 1 aliphatic rings. The molecule has 2 aromatic carbocycles. The van der Waals surface area contributed by atoms with E-state index in [1.54, 1.807) is 42.5 Å². The van der Waals surface area contributed by atoms with Crippen LogP contribution in [0, 0.1) is 5.95 Å². The van der Waals surface area contributed by atoms with Crippen molar-refractivity contribution in [3.05, 3.63) is 84.2 Å². The highest BCUT2D eigenvalue weighted by Crippen LogP contribution is 2.35. The molecule has 0 aliphatic carbocycles. The number of amides is 1. The van der Waals surface area contributed by atoms with Gasteiger partial charge in [-0.05, 0) is 55.3 Å². The van der Waals surface area contributed by atoms with Crippen LogP contribution in [0.2, 0.25) is 5.02 Å². The van der Waals surface area contributed by atoms with Crippen molar-refractivity contribution in [1.29, 1.82) is 0 Å². The summed E-state index contributed by atoms with van der Waals surface area (Å²) in [6.45, 7) is 9.58. The van der Waals surface area contributed by atoms with Gasteiger partial charge in [0.1, 0.15) is 30.3 Å². The molecule has 0 saturated carbocycles. The number of ether oxygens (including phenoxy) is 3. The topological polar surface area (TPSA) is 111 Å². The van der Waals surface area contributed by atoms with E-state index in [-0.39, 0.29) is 12.5 Å². The van der Waals surface area contributed by atoms with Crippen molar-refractivity contribution in [2.24, 2.45) is 0 Å². The minimum atomic E-state index is -0.575. The number of morpholine rings is 1. The van der Waals surface area contributed by atoms with Crippen LogP contribution in [0.1, 0.15) is 25.5 Å². The van der Waals surface area contributed by atoms with E-state index in [0.29, 0.717) is 63.0 Å². The maximum Gasteiger partial charge on any atom is 0.247 e. The molecule has 1 saturated heterocycles. The molecule has 10 nitrogen and oxygen atoms in total. The summed E-state index contributed by atoms with van der Waals surface area (Å²) in [6, 6.07) is 13.7. The molecule has 1 amide bonds. The van der Waals surface area contributed by atoms with Crippen LogP contribution in [0.4, 0.5) is 21.6 Å². The van der Waals surface area contributed by atoms with Crippen molar-refractivity contribution in [2.75, 3.05) is 43.5 Å². The van der Waals surface area contributed by atoms with Crippen molar-refractivity contribution in [2.45, 2.75) is 32.4 Å². The molecule has 3 heterocycles. The molecule has 2 N–H and O–H groups in total. The number of fused-ring (bicyclic) bond motifs is 1. The van der Waals surface area contributed by atoms with Gasteiger partial charge in [0.05, 0.1) is 41.7 Å². The molecule has 2 aromatic heterocycles. The van der Waals surface area contributed by atoms with Crippen LogP contribution in [0.25, 0.3) is 10.9 Å². The highest BCUT2D eigenvalue weighted by molar-refractivity contribution is 6.32. The van der Waals surface area contributed by atoms with Crippen LogP contribution in [0.15, 0.2) is 67.5 Å². The van der Waals surface area contributed by atoms with Gasteiger partial charge in [0.15, 0.2) is 0 Å². The molecule has 0 radical (unpaired) electrons. The number of carbonyl (C=O) groups is 1. The van der Waals surface area contributed by atoms with Crippen LogP contribution in [-0.4, -0.2) is 64.7 Å². The summed E-state index contributed by atoms with van der Waals surface area (Å²) < 4.78 is 30.9. The Hall–Kier alpha value is -4.32. The van der Waals surface area contributed by atoms with Gasteiger partial charge in [0.25, 0.3) is 0 Å². The molecule has 5 rings (SSSR count). The Balaban J connectivity index is 1.30. The summed E-state index contributed by atoms with van der Waals surface area (Å²) in [7, 11) is 0. The van der Waals surface area contributed by atoms with Gasteiger partial charge in [-0.2, -0.15) is 4.39 Å². The van der Waals surface area contributed by atoms with E-state index in [9.17, 15) is 9.18 Å². The highest BCUT2D eigenvalue weighted by Gasteiger charge is 2.21. The fraction of sp³-hybridized carbons (Fsp3) is 0.312. The van der Waals surface area contributed by atoms with Gasteiger partial charge in [-0.15, -0.1) is 0 Å². The zero-order chi connectivity index (χ0) is 30.9. The zero-order valence-electron chi connectivity index (χ0n) is 24.4. The quantitative estimate of drug-likeness (QED) is 0.103. The van der Waals surface area contributed by atoms with E-state index in [1.165, 1.54) is 18.5 Å². The lowest BCUT2D eigenvalue weighted by atomic mass is 10.1. The molecular weight excluding hydrogens is 587 g/mol. The van der Waals surface area contributed by atoms with Crippen molar-refractivity contribution in [1.82, 2.24) is 19.9 Å². The van der Waals surface area contributed by atoms with Crippen LogP contribution in [0.5, 0.6) is 11.5 Å². The number of nitrogens with zero attached hydrogens (tertiary/aromatic N) is 4. The summed E-state index contributed by atoms with van der Waals surface area (Å²) in [5.74, 6) is 0.487. The van der Waals surface area contributed by atoms with E-state index in [0.717, 1.165) is 39.1 Å². The van der Waals surface area contributed by atoms with Gasteiger partial charge >= 0.3 is 0 Å². The normalized spacial score (nSPS) is 15.1. The lowest BCUT2D eigenvalue weighted by Gasteiger charge is -2.34.